The van der Waals surface area contributed by atoms with Crippen LogP contribution < -0.4 is 9.47 Å². The summed E-state index contributed by atoms with van der Waals surface area (Å²) in [4.78, 5) is 33.4. The number of rotatable bonds is 3. The van der Waals surface area contributed by atoms with Crippen LogP contribution in [0.2, 0.25) is 5.02 Å². The molecule has 2 aromatic heterocycles. The fourth-order valence-electron chi connectivity index (χ4n) is 5.29. The standard InChI is InChI=1S/C27H23ClFN5O5/c1-32-18-7-3-5-15(16(18)11-30-32)23-21-25(22(28)24(31-23)20-17(29)6-4-8-19(20)38-2)39-13-14-12-33(27(36)37)9-10-34(14)26(21)35/h3-8,11,14H,9-10,12-13H2,1-2H3,(H,36,37)/t14-/m1/s1. The maximum Gasteiger partial charge on any atom is 0.407 e. The van der Waals surface area contributed by atoms with E-state index in [-0.39, 0.29) is 65.3 Å². The molecule has 4 aromatic rings. The van der Waals surface area contributed by atoms with Crippen molar-refractivity contribution >= 4 is 34.5 Å². The molecule has 0 aliphatic carbocycles. The molecule has 1 atom stereocenters. The maximum absolute atomic E-state index is 15.3. The lowest BCUT2D eigenvalue weighted by atomic mass is 9.98. The van der Waals surface area contributed by atoms with E-state index < -0.39 is 23.9 Å². The molecule has 1 N–H and O–H groups in total. The first kappa shape index (κ1) is 24.9. The summed E-state index contributed by atoms with van der Waals surface area (Å²) in [6.45, 7) is 0.417. The molecule has 1 fully saturated rings. The fourth-order valence-corrected chi connectivity index (χ4v) is 5.57. The second kappa shape index (κ2) is 9.42. The van der Waals surface area contributed by atoms with Gasteiger partial charge in [0.05, 0.1) is 36.1 Å². The molecule has 2 aromatic carbocycles. The minimum absolute atomic E-state index is 0.00334. The second-order valence-electron chi connectivity index (χ2n) is 9.34. The van der Waals surface area contributed by atoms with Gasteiger partial charge in [0.15, 0.2) is 5.75 Å². The largest absolute Gasteiger partial charge is 0.496 e. The van der Waals surface area contributed by atoms with E-state index in [2.05, 4.69) is 5.10 Å². The lowest BCUT2D eigenvalue weighted by Gasteiger charge is -2.38. The van der Waals surface area contributed by atoms with Crippen molar-refractivity contribution in [3.05, 3.63) is 59.0 Å². The Labute approximate surface area is 227 Å². The average molecular weight is 552 g/mol. The number of carboxylic acid groups (broad SMARTS) is 1. The van der Waals surface area contributed by atoms with E-state index in [1.807, 2.05) is 12.1 Å². The van der Waals surface area contributed by atoms with Crippen LogP contribution in [0.3, 0.4) is 0 Å². The van der Waals surface area contributed by atoms with Gasteiger partial charge in [0.25, 0.3) is 5.91 Å². The highest BCUT2D eigenvalue weighted by Gasteiger charge is 2.40. The van der Waals surface area contributed by atoms with Gasteiger partial charge in [-0.05, 0) is 18.2 Å². The molecule has 0 radical (unpaired) electrons. The molecule has 2 amide bonds. The summed E-state index contributed by atoms with van der Waals surface area (Å²) in [5, 5.41) is 14.6. The number of aryl methyl sites for hydroxylation is 1. The van der Waals surface area contributed by atoms with Gasteiger partial charge in [-0.25, -0.2) is 14.2 Å². The van der Waals surface area contributed by atoms with Crippen molar-refractivity contribution in [2.45, 2.75) is 6.04 Å². The topological polar surface area (TPSA) is 110 Å². The van der Waals surface area contributed by atoms with Crippen molar-refractivity contribution < 1.29 is 28.6 Å². The highest BCUT2D eigenvalue weighted by Crippen LogP contribution is 2.47. The molecule has 4 heterocycles. The number of hydrogen-bond acceptors (Lipinski definition) is 6. The number of methoxy groups -OCH3 is 1. The van der Waals surface area contributed by atoms with Crippen molar-refractivity contribution in [2.24, 2.45) is 7.05 Å². The fraction of sp³-hybridized carbons (Fsp3) is 0.259. The second-order valence-corrected chi connectivity index (χ2v) is 9.72. The van der Waals surface area contributed by atoms with Crippen molar-refractivity contribution in [3.8, 4) is 34.0 Å². The number of carbonyl (C=O) groups excluding carboxylic acids is 1. The first-order valence-electron chi connectivity index (χ1n) is 12.2. The molecule has 2 aliphatic rings. The summed E-state index contributed by atoms with van der Waals surface area (Å²) in [5.74, 6) is -0.730. The number of halogens is 2. The van der Waals surface area contributed by atoms with Crippen LogP contribution >= 0.6 is 11.6 Å². The minimum Gasteiger partial charge on any atom is -0.496 e. The highest BCUT2D eigenvalue weighted by molar-refractivity contribution is 6.35. The van der Waals surface area contributed by atoms with E-state index in [0.29, 0.717) is 5.56 Å². The third kappa shape index (κ3) is 3.92. The lowest BCUT2D eigenvalue weighted by molar-refractivity contribution is 0.0390. The van der Waals surface area contributed by atoms with Gasteiger partial charge in [-0.3, -0.25) is 9.48 Å². The van der Waals surface area contributed by atoms with Crippen LogP contribution in [0.1, 0.15) is 10.4 Å². The van der Waals surface area contributed by atoms with Gasteiger partial charge in [-0.1, -0.05) is 29.8 Å². The molecule has 12 heteroatoms. The number of nitrogens with zero attached hydrogens (tertiary/aromatic N) is 5. The third-order valence-electron chi connectivity index (χ3n) is 7.22. The molecule has 200 valence electrons. The van der Waals surface area contributed by atoms with Crippen LogP contribution in [-0.2, 0) is 7.05 Å². The molecule has 0 saturated carbocycles. The predicted molar refractivity (Wildman–Crippen MR) is 141 cm³/mol. The SMILES string of the molecule is COc1cccc(F)c1-c1nc(-c2cccc3c2cnn3C)c2c(c1Cl)OC[C@H]1CN(C(=O)O)CCN1C2=O. The molecule has 2 aliphatic heterocycles. The molecule has 1 saturated heterocycles. The minimum atomic E-state index is -1.07. The molecule has 0 unspecified atom stereocenters. The Hall–Kier alpha value is -4.38. The smallest absolute Gasteiger partial charge is 0.407 e. The average Bonchev–Trinajstić information content (AvgIpc) is 3.25. The number of piperazine rings is 1. The van der Waals surface area contributed by atoms with Crippen LogP contribution in [-0.4, -0.2) is 81.1 Å². The predicted octanol–water partition coefficient (Wildman–Crippen LogP) is 4.30. The summed E-state index contributed by atoms with van der Waals surface area (Å²) >= 11 is 6.86. The van der Waals surface area contributed by atoms with Crippen LogP contribution in [0.5, 0.6) is 11.5 Å². The molecular weight excluding hydrogens is 529 g/mol. The summed E-state index contributed by atoms with van der Waals surface area (Å²) < 4.78 is 28.6. The van der Waals surface area contributed by atoms with Gasteiger partial charge in [0.1, 0.15) is 34.5 Å². The van der Waals surface area contributed by atoms with Gasteiger partial charge in [-0.2, -0.15) is 5.10 Å². The van der Waals surface area contributed by atoms with Gasteiger partial charge < -0.3 is 24.4 Å². The molecule has 0 bridgehead atoms. The van der Waals surface area contributed by atoms with Crippen molar-refractivity contribution in [1.82, 2.24) is 24.6 Å². The van der Waals surface area contributed by atoms with Crippen LogP contribution in [0.25, 0.3) is 33.4 Å². The van der Waals surface area contributed by atoms with E-state index in [1.165, 1.54) is 24.1 Å². The van der Waals surface area contributed by atoms with E-state index in [9.17, 15) is 14.7 Å². The van der Waals surface area contributed by atoms with Gasteiger partial charge >= 0.3 is 6.09 Å². The number of carbonyl (C=O) groups is 2. The summed E-state index contributed by atoms with van der Waals surface area (Å²) in [7, 11) is 3.22. The number of amides is 2. The Kier molecular flexibility index (Phi) is 6.02. The van der Waals surface area contributed by atoms with Gasteiger partial charge in [-0.15, -0.1) is 0 Å². The number of pyridine rings is 1. The Morgan fingerprint density at radius 2 is 1.97 bits per heavy atom. The summed E-state index contributed by atoms with van der Waals surface area (Å²) in [6.07, 6.45) is 0.606. The Balaban J connectivity index is 1.63. The van der Waals surface area contributed by atoms with Crippen molar-refractivity contribution in [1.29, 1.82) is 0 Å². The zero-order valence-corrected chi connectivity index (χ0v) is 21.8. The first-order chi connectivity index (χ1) is 18.8. The van der Waals surface area contributed by atoms with E-state index in [0.717, 1.165) is 10.9 Å². The lowest BCUT2D eigenvalue weighted by Crippen LogP contribution is -2.57. The number of fused-ring (bicyclic) bond motifs is 3. The van der Waals surface area contributed by atoms with E-state index in [1.54, 1.807) is 35.0 Å². The van der Waals surface area contributed by atoms with Gasteiger partial charge in [0, 0.05) is 37.6 Å². The number of aromatic nitrogens is 3. The summed E-state index contributed by atoms with van der Waals surface area (Å²) in [5.41, 5.74) is 1.85. The Morgan fingerprint density at radius 3 is 2.74 bits per heavy atom. The molecule has 6 rings (SSSR count). The quantitative estimate of drug-likeness (QED) is 0.404. The monoisotopic (exact) mass is 551 g/mol. The molecule has 39 heavy (non-hydrogen) atoms. The number of ether oxygens (including phenoxy) is 2. The molecule has 0 spiro atoms. The zero-order chi connectivity index (χ0) is 27.4. The summed E-state index contributed by atoms with van der Waals surface area (Å²) in [6, 6.07) is 9.35. The zero-order valence-electron chi connectivity index (χ0n) is 21.0. The molecular formula is C27H23ClFN5O5. The van der Waals surface area contributed by atoms with Crippen molar-refractivity contribution in [3.63, 3.8) is 0 Å². The Bertz CT molecular complexity index is 1660. The normalized spacial score (nSPS) is 16.9. The third-order valence-corrected chi connectivity index (χ3v) is 7.57. The van der Waals surface area contributed by atoms with Crippen LogP contribution in [0, 0.1) is 5.82 Å². The maximum atomic E-state index is 15.3. The van der Waals surface area contributed by atoms with Crippen LogP contribution in [0.15, 0.2) is 42.6 Å². The number of benzene rings is 2. The van der Waals surface area contributed by atoms with E-state index in [4.69, 9.17) is 26.1 Å². The highest BCUT2D eigenvalue weighted by atomic mass is 35.5. The van der Waals surface area contributed by atoms with Crippen LogP contribution in [0.4, 0.5) is 9.18 Å². The number of hydrogen-bond donors (Lipinski definition) is 1. The van der Waals surface area contributed by atoms with Crippen molar-refractivity contribution in [2.75, 3.05) is 33.4 Å². The molecule has 10 nitrogen and oxygen atoms in total. The Morgan fingerprint density at radius 1 is 1.18 bits per heavy atom. The first-order valence-corrected chi connectivity index (χ1v) is 12.6. The van der Waals surface area contributed by atoms with Gasteiger partial charge in [0.2, 0.25) is 0 Å². The van der Waals surface area contributed by atoms with E-state index >= 15 is 4.39 Å².